The highest BCUT2D eigenvalue weighted by atomic mass is 32.1. The fraction of sp³-hybridized carbons (Fsp3) is 0.625. The molecule has 0 saturated carbocycles. The smallest absolute Gasteiger partial charge is 0.243 e. The van der Waals surface area contributed by atoms with Crippen LogP contribution >= 0.6 is 11.3 Å². The third kappa shape index (κ3) is 3.56. The fourth-order valence-electron chi connectivity index (χ4n) is 2.76. The average Bonchev–Trinajstić information content (AvgIpc) is 3.18. The maximum Gasteiger partial charge on any atom is 0.243 e. The standard InChI is InChI=1S/C16H24N4OS/c1-12(2)15-17-16(21-18-15)13(3)20-7-5-19(6-8-20)10-14-4-9-22-11-14/h4,9,11-13H,5-8,10H2,1-3H3. The number of nitrogens with zero attached hydrogens (tertiary/aromatic N) is 4. The van der Waals surface area contributed by atoms with Gasteiger partial charge in [0, 0.05) is 38.6 Å². The average molecular weight is 320 g/mol. The normalized spacial score (nSPS) is 18.9. The maximum absolute atomic E-state index is 5.44. The summed E-state index contributed by atoms with van der Waals surface area (Å²) in [7, 11) is 0. The van der Waals surface area contributed by atoms with Crippen LogP contribution in [0.2, 0.25) is 0 Å². The first-order chi connectivity index (χ1) is 10.6. The van der Waals surface area contributed by atoms with Crippen LogP contribution in [0.5, 0.6) is 0 Å². The van der Waals surface area contributed by atoms with Gasteiger partial charge >= 0.3 is 0 Å². The lowest BCUT2D eigenvalue weighted by atomic mass is 10.2. The summed E-state index contributed by atoms with van der Waals surface area (Å²) >= 11 is 1.77. The van der Waals surface area contributed by atoms with Gasteiger partial charge in [0.2, 0.25) is 5.89 Å². The molecule has 1 fully saturated rings. The van der Waals surface area contributed by atoms with E-state index in [1.165, 1.54) is 5.56 Å². The molecule has 0 radical (unpaired) electrons. The van der Waals surface area contributed by atoms with Gasteiger partial charge in [0.1, 0.15) is 0 Å². The molecule has 5 nitrogen and oxygen atoms in total. The van der Waals surface area contributed by atoms with Crippen LogP contribution < -0.4 is 0 Å². The van der Waals surface area contributed by atoms with Crippen LogP contribution in [0, 0.1) is 0 Å². The summed E-state index contributed by atoms with van der Waals surface area (Å²) in [5.41, 5.74) is 1.42. The molecule has 1 aliphatic heterocycles. The summed E-state index contributed by atoms with van der Waals surface area (Å²) in [5.74, 6) is 1.86. The van der Waals surface area contributed by atoms with E-state index in [1.54, 1.807) is 11.3 Å². The van der Waals surface area contributed by atoms with Gasteiger partial charge in [0.05, 0.1) is 6.04 Å². The summed E-state index contributed by atoms with van der Waals surface area (Å²) in [5, 5.41) is 8.46. The number of hydrogen-bond donors (Lipinski definition) is 0. The predicted molar refractivity (Wildman–Crippen MR) is 88.0 cm³/mol. The Morgan fingerprint density at radius 1 is 1.23 bits per heavy atom. The second-order valence-electron chi connectivity index (χ2n) is 6.27. The molecular weight excluding hydrogens is 296 g/mol. The second-order valence-corrected chi connectivity index (χ2v) is 7.05. The number of rotatable bonds is 5. The Kier molecular flexibility index (Phi) is 4.90. The molecule has 0 N–H and O–H groups in total. The van der Waals surface area contributed by atoms with E-state index in [2.05, 4.69) is 57.5 Å². The van der Waals surface area contributed by atoms with Gasteiger partial charge in [-0.15, -0.1) is 0 Å². The Balaban J connectivity index is 1.53. The van der Waals surface area contributed by atoms with Gasteiger partial charge in [-0.25, -0.2) is 0 Å². The Labute approximate surface area is 135 Å². The highest BCUT2D eigenvalue weighted by Gasteiger charge is 2.26. The van der Waals surface area contributed by atoms with Crippen molar-refractivity contribution in [1.29, 1.82) is 0 Å². The van der Waals surface area contributed by atoms with Gasteiger partial charge in [-0.1, -0.05) is 19.0 Å². The zero-order valence-electron chi connectivity index (χ0n) is 13.5. The summed E-state index contributed by atoms with van der Waals surface area (Å²) < 4.78 is 5.44. The van der Waals surface area contributed by atoms with Crippen molar-refractivity contribution >= 4 is 11.3 Å². The minimum atomic E-state index is 0.197. The van der Waals surface area contributed by atoms with Crippen molar-refractivity contribution in [3.05, 3.63) is 34.1 Å². The zero-order valence-corrected chi connectivity index (χ0v) is 14.3. The monoisotopic (exact) mass is 320 g/mol. The first-order valence-electron chi connectivity index (χ1n) is 7.94. The van der Waals surface area contributed by atoms with Crippen molar-refractivity contribution < 1.29 is 4.52 Å². The molecule has 2 aromatic rings. The van der Waals surface area contributed by atoms with Gasteiger partial charge in [0.25, 0.3) is 0 Å². The lowest BCUT2D eigenvalue weighted by Crippen LogP contribution is -2.46. The van der Waals surface area contributed by atoms with Crippen LogP contribution in [-0.2, 0) is 6.54 Å². The van der Waals surface area contributed by atoms with Gasteiger partial charge in [-0.05, 0) is 29.3 Å². The van der Waals surface area contributed by atoms with E-state index in [4.69, 9.17) is 4.52 Å². The molecule has 3 heterocycles. The van der Waals surface area contributed by atoms with Crippen LogP contribution in [0.15, 0.2) is 21.3 Å². The summed E-state index contributed by atoms with van der Waals surface area (Å²) in [4.78, 5) is 9.48. The highest BCUT2D eigenvalue weighted by Crippen LogP contribution is 2.22. The van der Waals surface area contributed by atoms with Crippen LogP contribution in [0.3, 0.4) is 0 Å². The summed E-state index contributed by atoms with van der Waals surface area (Å²) in [6.45, 7) is 11.7. The lowest BCUT2D eigenvalue weighted by Gasteiger charge is -2.36. The number of aromatic nitrogens is 2. The quantitative estimate of drug-likeness (QED) is 0.847. The van der Waals surface area contributed by atoms with E-state index in [-0.39, 0.29) is 6.04 Å². The Morgan fingerprint density at radius 3 is 2.59 bits per heavy atom. The van der Waals surface area contributed by atoms with E-state index in [1.807, 2.05) is 0 Å². The SMILES string of the molecule is CC(C)c1noc(C(C)N2CCN(Cc3ccsc3)CC2)n1. The van der Waals surface area contributed by atoms with Gasteiger partial charge in [0.15, 0.2) is 5.82 Å². The molecule has 1 aliphatic rings. The van der Waals surface area contributed by atoms with Crippen molar-refractivity contribution in [3.8, 4) is 0 Å². The zero-order chi connectivity index (χ0) is 15.5. The predicted octanol–water partition coefficient (Wildman–Crippen LogP) is 3.13. The van der Waals surface area contributed by atoms with Crippen molar-refractivity contribution in [1.82, 2.24) is 19.9 Å². The van der Waals surface area contributed by atoms with Crippen LogP contribution in [0.25, 0.3) is 0 Å². The highest BCUT2D eigenvalue weighted by molar-refractivity contribution is 7.07. The fourth-order valence-corrected chi connectivity index (χ4v) is 3.42. The van der Waals surface area contributed by atoms with Gasteiger partial charge in [-0.2, -0.15) is 16.3 Å². The van der Waals surface area contributed by atoms with Crippen molar-refractivity contribution in [2.45, 2.75) is 39.3 Å². The van der Waals surface area contributed by atoms with E-state index >= 15 is 0 Å². The van der Waals surface area contributed by atoms with Crippen molar-refractivity contribution in [2.24, 2.45) is 0 Å². The molecule has 2 aromatic heterocycles. The lowest BCUT2D eigenvalue weighted by molar-refractivity contribution is 0.0846. The van der Waals surface area contributed by atoms with Crippen molar-refractivity contribution in [3.63, 3.8) is 0 Å². The van der Waals surface area contributed by atoms with Crippen LogP contribution in [0.4, 0.5) is 0 Å². The number of hydrogen-bond acceptors (Lipinski definition) is 6. The van der Waals surface area contributed by atoms with Gasteiger partial charge < -0.3 is 4.52 Å². The molecule has 0 aliphatic carbocycles. The molecule has 6 heteroatoms. The number of thiophene rings is 1. The molecule has 1 saturated heterocycles. The molecule has 1 atom stereocenters. The van der Waals surface area contributed by atoms with Crippen LogP contribution in [0.1, 0.15) is 50.0 Å². The van der Waals surface area contributed by atoms with E-state index in [0.717, 1.165) is 44.4 Å². The summed E-state index contributed by atoms with van der Waals surface area (Å²) in [6.07, 6.45) is 0. The van der Waals surface area contributed by atoms with E-state index < -0.39 is 0 Å². The first kappa shape index (κ1) is 15.6. The summed E-state index contributed by atoms with van der Waals surface area (Å²) in [6, 6.07) is 2.41. The molecule has 3 rings (SSSR count). The third-order valence-corrected chi connectivity index (χ3v) is 5.00. The first-order valence-corrected chi connectivity index (χ1v) is 8.88. The molecule has 0 amide bonds. The minimum absolute atomic E-state index is 0.197. The number of piperazine rings is 1. The van der Waals surface area contributed by atoms with E-state index in [0.29, 0.717) is 5.92 Å². The molecule has 22 heavy (non-hydrogen) atoms. The Morgan fingerprint density at radius 2 is 2.00 bits per heavy atom. The maximum atomic E-state index is 5.44. The van der Waals surface area contributed by atoms with Gasteiger partial charge in [-0.3, -0.25) is 9.80 Å². The molecule has 120 valence electrons. The molecule has 1 unspecified atom stereocenters. The Bertz CT molecular complexity index is 573. The molecule has 0 spiro atoms. The van der Waals surface area contributed by atoms with E-state index in [9.17, 15) is 0 Å². The molecule has 0 aromatic carbocycles. The van der Waals surface area contributed by atoms with Crippen LogP contribution in [-0.4, -0.2) is 46.1 Å². The van der Waals surface area contributed by atoms with Crippen molar-refractivity contribution in [2.75, 3.05) is 26.2 Å². The minimum Gasteiger partial charge on any atom is -0.338 e. The third-order valence-electron chi connectivity index (χ3n) is 4.27. The topological polar surface area (TPSA) is 45.4 Å². The molecule has 0 bridgehead atoms. The Hall–Kier alpha value is -1.24. The largest absolute Gasteiger partial charge is 0.338 e. The second kappa shape index (κ2) is 6.89. The molecular formula is C16H24N4OS.